The molecule has 28 heavy (non-hydrogen) atoms. The van der Waals surface area contributed by atoms with Crippen LogP contribution in [0.5, 0.6) is 5.75 Å². The van der Waals surface area contributed by atoms with E-state index >= 15 is 0 Å². The van der Waals surface area contributed by atoms with Crippen LogP contribution in [0.4, 0.5) is 0 Å². The van der Waals surface area contributed by atoms with E-state index in [0.29, 0.717) is 13.1 Å². The number of aryl methyl sites for hydroxylation is 2. The topological polar surface area (TPSA) is 68.0 Å². The minimum Gasteiger partial charge on any atom is -0.497 e. The normalized spacial score (nSPS) is 11.1. The summed E-state index contributed by atoms with van der Waals surface area (Å²) in [6.07, 6.45) is 0.931. The molecule has 0 saturated carbocycles. The second-order valence-corrected chi connectivity index (χ2v) is 6.28. The van der Waals surface area contributed by atoms with Crippen LogP contribution in [0, 0.1) is 13.8 Å². The van der Waals surface area contributed by atoms with Crippen molar-refractivity contribution >= 4 is 29.9 Å². The second kappa shape index (κ2) is 13.4. The molecule has 1 heterocycles. The molecule has 2 N–H and O–H groups in total. The lowest BCUT2D eigenvalue weighted by Crippen LogP contribution is -2.37. The molecule has 0 aliphatic carbocycles. The number of hydrogen-bond acceptors (Lipinski definition) is 4. The first-order valence-electron chi connectivity index (χ1n) is 9.41. The summed E-state index contributed by atoms with van der Waals surface area (Å²) in [7, 11) is 1.67. The molecule has 7 heteroatoms. The number of nitrogens with one attached hydrogen (secondary N) is 2. The fourth-order valence-corrected chi connectivity index (χ4v) is 2.64. The van der Waals surface area contributed by atoms with E-state index in [1.807, 2.05) is 45.0 Å². The molecule has 2 aromatic rings. The molecule has 0 spiro atoms. The molecule has 6 nitrogen and oxygen atoms in total. The molecular weight excluding hydrogens is 469 g/mol. The number of halogens is 1. The maximum Gasteiger partial charge on any atom is 0.191 e. The van der Waals surface area contributed by atoms with Gasteiger partial charge in [-0.15, -0.1) is 24.0 Å². The van der Waals surface area contributed by atoms with E-state index in [1.165, 1.54) is 0 Å². The highest BCUT2D eigenvalue weighted by molar-refractivity contribution is 14.0. The number of benzene rings is 1. The van der Waals surface area contributed by atoms with Crippen LogP contribution < -0.4 is 15.4 Å². The molecule has 0 amide bonds. The predicted molar refractivity (Wildman–Crippen MR) is 124 cm³/mol. The Balaban J connectivity index is 0.00000392. The molecule has 1 aromatic carbocycles. The molecule has 0 unspecified atom stereocenters. The molecule has 0 bridgehead atoms. The number of ether oxygens (including phenoxy) is 2. The fourth-order valence-electron chi connectivity index (χ4n) is 2.64. The van der Waals surface area contributed by atoms with Gasteiger partial charge in [-0.05, 0) is 51.0 Å². The summed E-state index contributed by atoms with van der Waals surface area (Å²) < 4.78 is 16.2. The van der Waals surface area contributed by atoms with Crippen molar-refractivity contribution < 1.29 is 13.9 Å². The lowest BCUT2D eigenvalue weighted by molar-refractivity contribution is 0.145. The van der Waals surface area contributed by atoms with E-state index in [2.05, 4.69) is 16.7 Å². The largest absolute Gasteiger partial charge is 0.497 e. The average molecular weight is 501 g/mol. The molecule has 0 aliphatic heterocycles. The van der Waals surface area contributed by atoms with E-state index < -0.39 is 0 Å². The number of guanidine groups is 1. The summed E-state index contributed by atoms with van der Waals surface area (Å²) in [5.41, 5.74) is 2.27. The van der Waals surface area contributed by atoms with E-state index in [-0.39, 0.29) is 24.0 Å². The third kappa shape index (κ3) is 8.52. The number of methoxy groups -OCH3 is 1. The van der Waals surface area contributed by atoms with Gasteiger partial charge in [-0.3, -0.25) is 0 Å². The monoisotopic (exact) mass is 501 g/mol. The van der Waals surface area contributed by atoms with Gasteiger partial charge in [-0.1, -0.05) is 12.1 Å². The van der Waals surface area contributed by atoms with Crippen LogP contribution in [-0.2, 0) is 17.8 Å². The van der Waals surface area contributed by atoms with Gasteiger partial charge < -0.3 is 24.5 Å². The maximum absolute atomic E-state index is 5.59. The number of aliphatic imine (C=N–C) groups is 1. The Bertz CT molecular complexity index is 714. The summed E-state index contributed by atoms with van der Waals surface area (Å²) in [6.45, 7) is 9.50. The van der Waals surface area contributed by atoms with Crippen molar-refractivity contribution in [2.75, 3.05) is 26.9 Å². The number of rotatable bonds is 10. The molecule has 0 saturated heterocycles. The second-order valence-electron chi connectivity index (χ2n) is 6.28. The van der Waals surface area contributed by atoms with Gasteiger partial charge in [0.2, 0.25) is 0 Å². The lowest BCUT2D eigenvalue weighted by Gasteiger charge is -2.12. The summed E-state index contributed by atoms with van der Waals surface area (Å²) in [6, 6.07) is 10.0. The Morgan fingerprint density at radius 3 is 2.50 bits per heavy atom. The van der Waals surface area contributed by atoms with E-state index in [9.17, 15) is 0 Å². The minimum atomic E-state index is 0. The van der Waals surface area contributed by atoms with Crippen LogP contribution in [0.15, 0.2) is 39.7 Å². The van der Waals surface area contributed by atoms with Gasteiger partial charge in [0.05, 0.1) is 13.7 Å². The Kier molecular flexibility index (Phi) is 11.7. The van der Waals surface area contributed by atoms with Crippen LogP contribution in [0.1, 0.15) is 36.0 Å². The van der Waals surface area contributed by atoms with Crippen molar-refractivity contribution in [2.45, 2.75) is 40.3 Å². The Hall–Kier alpha value is -1.74. The van der Waals surface area contributed by atoms with Crippen molar-refractivity contribution in [3.05, 3.63) is 53.0 Å². The van der Waals surface area contributed by atoms with Crippen LogP contribution >= 0.6 is 24.0 Å². The van der Waals surface area contributed by atoms with Crippen molar-refractivity contribution in [1.82, 2.24) is 10.6 Å². The molecule has 0 aliphatic rings. The van der Waals surface area contributed by atoms with Gasteiger partial charge in [0.1, 0.15) is 17.3 Å². The zero-order chi connectivity index (χ0) is 19.5. The summed E-state index contributed by atoms with van der Waals surface area (Å²) in [5.74, 6) is 3.48. The van der Waals surface area contributed by atoms with Gasteiger partial charge in [0.15, 0.2) is 5.96 Å². The quantitative estimate of drug-likeness (QED) is 0.221. The molecule has 0 atom stereocenters. The highest BCUT2D eigenvalue weighted by Gasteiger charge is 2.06. The fraction of sp³-hybridized carbons (Fsp3) is 0.476. The third-order valence-electron chi connectivity index (χ3n) is 4.13. The SMILES string of the molecule is CCOCCCNC(=NCc1ccc(OC)cc1)NCc1cc(C)oc1C.I. The highest BCUT2D eigenvalue weighted by Crippen LogP contribution is 2.13. The van der Waals surface area contributed by atoms with Crippen molar-refractivity contribution in [2.24, 2.45) is 4.99 Å². The lowest BCUT2D eigenvalue weighted by atomic mass is 10.2. The molecule has 156 valence electrons. The van der Waals surface area contributed by atoms with Gasteiger partial charge in [0, 0.05) is 31.9 Å². The van der Waals surface area contributed by atoms with Crippen LogP contribution in [0.25, 0.3) is 0 Å². The van der Waals surface area contributed by atoms with Crippen LogP contribution in [0.2, 0.25) is 0 Å². The van der Waals surface area contributed by atoms with Crippen molar-refractivity contribution in [1.29, 1.82) is 0 Å². The average Bonchev–Trinajstić information content (AvgIpc) is 3.00. The Labute approximate surface area is 185 Å². The summed E-state index contributed by atoms with van der Waals surface area (Å²) >= 11 is 0. The first-order chi connectivity index (χ1) is 13.1. The predicted octanol–water partition coefficient (Wildman–Crippen LogP) is 4.19. The van der Waals surface area contributed by atoms with E-state index in [4.69, 9.17) is 18.9 Å². The van der Waals surface area contributed by atoms with Crippen LogP contribution in [-0.4, -0.2) is 32.8 Å². The maximum atomic E-state index is 5.59. The van der Waals surface area contributed by atoms with E-state index in [0.717, 1.165) is 60.5 Å². The Morgan fingerprint density at radius 1 is 1.14 bits per heavy atom. The van der Waals surface area contributed by atoms with Crippen LogP contribution in [0.3, 0.4) is 0 Å². The summed E-state index contributed by atoms with van der Waals surface area (Å²) in [5, 5.41) is 6.76. The van der Waals surface area contributed by atoms with Gasteiger partial charge in [-0.2, -0.15) is 0 Å². The number of nitrogens with zero attached hydrogens (tertiary/aromatic N) is 1. The minimum absolute atomic E-state index is 0. The van der Waals surface area contributed by atoms with Crippen molar-refractivity contribution in [3.8, 4) is 5.75 Å². The highest BCUT2D eigenvalue weighted by atomic mass is 127. The molecule has 0 fully saturated rings. The molecular formula is C21H32IN3O3. The smallest absolute Gasteiger partial charge is 0.191 e. The van der Waals surface area contributed by atoms with E-state index in [1.54, 1.807) is 7.11 Å². The van der Waals surface area contributed by atoms with Gasteiger partial charge in [-0.25, -0.2) is 4.99 Å². The molecule has 2 rings (SSSR count). The number of hydrogen-bond donors (Lipinski definition) is 2. The first-order valence-corrected chi connectivity index (χ1v) is 9.41. The summed E-state index contributed by atoms with van der Waals surface area (Å²) in [4.78, 5) is 4.70. The zero-order valence-corrected chi connectivity index (χ0v) is 19.5. The van der Waals surface area contributed by atoms with Gasteiger partial charge >= 0.3 is 0 Å². The molecule has 0 radical (unpaired) electrons. The Morgan fingerprint density at radius 2 is 1.89 bits per heavy atom. The third-order valence-corrected chi connectivity index (χ3v) is 4.13. The first kappa shape index (κ1) is 24.3. The number of furan rings is 1. The van der Waals surface area contributed by atoms with Gasteiger partial charge in [0.25, 0.3) is 0 Å². The zero-order valence-electron chi connectivity index (χ0n) is 17.2. The van der Waals surface area contributed by atoms with Crippen molar-refractivity contribution in [3.63, 3.8) is 0 Å². The standard InChI is InChI=1S/C21H31N3O3.HI/c1-5-26-12-6-11-22-21(24-15-19-13-16(2)27-17(19)3)23-14-18-7-9-20(25-4)10-8-18;/h7-10,13H,5-6,11-12,14-15H2,1-4H3,(H2,22,23,24);1H. The molecule has 1 aromatic heterocycles.